The first-order valence-electron chi connectivity index (χ1n) is 12.1. The van der Waals surface area contributed by atoms with Crippen LogP contribution in [0, 0.1) is 5.82 Å². The van der Waals surface area contributed by atoms with Gasteiger partial charge in [0.15, 0.2) is 11.5 Å². The lowest BCUT2D eigenvalue weighted by atomic mass is 10.0. The van der Waals surface area contributed by atoms with E-state index in [1.807, 2.05) is 18.2 Å². The van der Waals surface area contributed by atoms with Gasteiger partial charge in [-0.2, -0.15) is 4.52 Å². The third-order valence-corrected chi connectivity index (χ3v) is 6.85. The van der Waals surface area contributed by atoms with Gasteiger partial charge >= 0.3 is 0 Å². The molecule has 1 fully saturated rings. The highest BCUT2D eigenvalue weighted by molar-refractivity contribution is 5.84. The van der Waals surface area contributed by atoms with E-state index in [0.29, 0.717) is 18.0 Å². The minimum atomic E-state index is -0.271. The molecule has 2 aromatic carbocycles. The molecule has 1 atom stereocenters. The average Bonchev–Trinajstić information content (AvgIpc) is 3.49. The maximum Gasteiger partial charge on any atom is 0.185 e. The second-order valence-electron chi connectivity index (χ2n) is 9.11. The van der Waals surface area contributed by atoms with E-state index in [2.05, 4.69) is 42.0 Å². The van der Waals surface area contributed by atoms with Crippen LogP contribution < -0.4 is 4.74 Å². The van der Waals surface area contributed by atoms with Crippen molar-refractivity contribution < 1.29 is 9.13 Å². The molecule has 3 aromatic heterocycles. The summed E-state index contributed by atoms with van der Waals surface area (Å²) in [5, 5.41) is 26.6. The molecule has 36 heavy (non-hydrogen) atoms. The van der Waals surface area contributed by atoms with Crippen LogP contribution in [0.2, 0.25) is 0 Å². The van der Waals surface area contributed by atoms with Crippen molar-refractivity contribution in [2.75, 3.05) is 20.2 Å². The molecular formula is C25H26FN9O. The fourth-order valence-corrected chi connectivity index (χ4v) is 5.05. The quantitative estimate of drug-likeness (QED) is 0.359. The van der Waals surface area contributed by atoms with Crippen molar-refractivity contribution in [3.8, 4) is 5.75 Å². The lowest BCUT2D eigenvalue weighted by molar-refractivity contribution is 0.222. The fourth-order valence-electron chi connectivity index (χ4n) is 5.05. The van der Waals surface area contributed by atoms with Gasteiger partial charge < -0.3 is 4.74 Å². The minimum Gasteiger partial charge on any atom is -0.497 e. The highest BCUT2D eigenvalue weighted by Gasteiger charge is 2.31. The van der Waals surface area contributed by atoms with E-state index >= 15 is 0 Å². The number of likely N-dealkylation sites (tertiary alicyclic amines) is 1. The van der Waals surface area contributed by atoms with Crippen molar-refractivity contribution in [3.05, 3.63) is 71.3 Å². The molecule has 0 saturated carbocycles. The topological polar surface area (TPSA) is 99.2 Å². The van der Waals surface area contributed by atoms with Gasteiger partial charge in [-0.3, -0.25) is 4.90 Å². The number of hydrogen-bond donors (Lipinski definition) is 0. The lowest BCUT2D eigenvalue weighted by Crippen LogP contribution is -2.33. The Morgan fingerprint density at radius 1 is 0.917 bits per heavy atom. The molecule has 0 aliphatic carbocycles. The Balaban J connectivity index is 1.51. The van der Waals surface area contributed by atoms with E-state index in [4.69, 9.17) is 4.74 Å². The predicted octanol–water partition coefficient (Wildman–Crippen LogP) is 3.43. The van der Waals surface area contributed by atoms with Gasteiger partial charge in [0.25, 0.3) is 0 Å². The zero-order valence-electron chi connectivity index (χ0n) is 20.0. The summed E-state index contributed by atoms with van der Waals surface area (Å²) in [5.41, 5.74) is 3.37. The first kappa shape index (κ1) is 22.5. The van der Waals surface area contributed by atoms with Gasteiger partial charge in [0, 0.05) is 17.0 Å². The van der Waals surface area contributed by atoms with Crippen molar-refractivity contribution in [1.29, 1.82) is 0 Å². The SMILES string of the molecule is COc1ccc2cc([C@@H](c3nnnn3Cc3ccc(F)cc3)N3CCCCCC3)c3nnnn3c2c1. The number of ether oxygens (including phenoxy) is 1. The summed E-state index contributed by atoms with van der Waals surface area (Å²) in [6.07, 6.45) is 4.59. The predicted molar refractivity (Wildman–Crippen MR) is 130 cm³/mol. The number of benzene rings is 2. The van der Waals surface area contributed by atoms with E-state index in [0.717, 1.165) is 53.7 Å². The molecule has 0 radical (unpaired) electrons. The summed E-state index contributed by atoms with van der Waals surface area (Å²) in [6.45, 7) is 2.27. The third-order valence-electron chi connectivity index (χ3n) is 6.85. The summed E-state index contributed by atoms with van der Waals surface area (Å²) in [6, 6.07) is 14.2. The van der Waals surface area contributed by atoms with Gasteiger partial charge in [-0.15, -0.1) is 10.2 Å². The molecular weight excluding hydrogens is 461 g/mol. The van der Waals surface area contributed by atoms with E-state index in [9.17, 15) is 4.39 Å². The number of fused-ring (bicyclic) bond motifs is 3. The maximum atomic E-state index is 13.5. The fraction of sp³-hybridized carbons (Fsp3) is 0.360. The summed E-state index contributed by atoms with van der Waals surface area (Å²) >= 11 is 0. The zero-order valence-corrected chi connectivity index (χ0v) is 20.0. The molecule has 1 aliphatic rings. The summed E-state index contributed by atoms with van der Waals surface area (Å²) < 4.78 is 22.5. The number of nitrogens with zero attached hydrogens (tertiary/aromatic N) is 9. The molecule has 0 spiro atoms. The Morgan fingerprint density at radius 2 is 1.69 bits per heavy atom. The monoisotopic (exact) mass is 487 g/mol. The van der Waals surface area contributed by atoms with E-state index in [-0.39, 0.29) is 11.9 Å². The van der Waals surface area contributed by atoms with Gasteiger partial charge in [0.1, 0.15) is 17.6 Å². The molecule has 5 aromatic rings. The normalized spacial score (nSPS) is 15.8. The molecule has 1 saturated heterocycles. The smallest absolute Gasteiger partial charge is 0.185 e. The van der Waals surface area contributed by atoms with Gasteiger partial charge in [0.2, 0.25) is 0 Å². The molecule has 0 N–H and O–H groups in total. The summed E-state index contributed by atoms with van der Waals surface area (Å²) in [7, 11) is 1.64. The average molecular weight is 488 g/mol. The van der Waals surface area contributed by atoms with Crippen LogP contribution in [0.4, 0.5) is 4.39 Å². The Hall–Kier alpha value is -3.99. The Morgan fingerprint density at radius 3 is 2.47 bits per heavy atom. The number of aromatic nitrogens is 8. The van der Waals surface area contributed by atoms with Crippen LogP contribution in [-0.2, 0) is 6.54 Å². The van der Waals surface area contributed by atoms with Crippen molar-refractivity contribution >= 4 is 16.6 Å². The third kappa shape index (κ3) is 4.15. The number of tetrazole rings is 2. The maximum absolute atomic E-state index is 13.5. The molecule has 0 bridgehead atoms. The molecule has 0 unspecified atom stereocenters. The van der Waals surface area contributed by atoms with Gasteiger partial charge in [-0.1, -0.05) is 25.0 Å². The molecule has 0 amide bonds. The van der Waals surface area contributed by atoms with E-state index < -0.39 is 0 Å². The number of methoxy groups -OCH3 is 1. The molecule has 184 valence electrons. The van der Waals surface area contributed by atoms with Crippen LogP contribution in [0.5, 0.6) is 5.75 Å². The minimum absolute atomic E-state index is 0.251. The Kier molecular flexibility index (Phi) is 5.98. The lowest BCUT2D eigenvalue weighted by Gasteiger charge is -2.30. The largest absolute Gasteiger partial charge is 0.497 e. The second kappa shape index (κ2) is 9.57. The number of rotatable bonds is 6. The van der Waals surface area contributed by atoms with Crippen molar-refractivity contribution in [3.63, 3.8) is 0 Å². The first-order chi connectivity index (χ1) is 17.7. The van der Waals surface area contributed by atoms with Crippen molar-refractivity contribution in [2.24, 2.45) is 0 Å². The van der Waals surface area contributed by atoms with Crippen molar-refractivity contribution in [2.45, 2.75) is 38.3 Å². The van der Waals surface area contributed by atoms with Crippen LogP contribution >= 0.6 is 0 Å². The molecule has 4 heterocycles. The zero-order chi connectivity index (χ0) is 24.5. The van der Waals surface area contributed by atoms with Crippen LogP contribution in [0.15, 0.2) is 48.5 Å². The van der Waals surface area contributed by atoms with Crippen LogP contribution in [0.1, 0.15) is 48.7 Å². The molecule has 1 aliphatic heterocycles. The number of pyridine rings is 1. The molecule has 11 heteroatoms. The van der Waals surface area contributed by atoms with Gasteiger partial charge in [-0.25, -0.2) is 9.07 Å². The first-order valence-corrected chi connectivity index (χ1v) is 12.1. The van der Waals surface area contributed by atoms with Crippen LogP contribution in [0.3, 0.4) is 0 Å². The molecule has 10 nitrogen and oxygen atoms in total. The van der Waals surface area contributed by atoms with Gasteiger partial charge in [-0.05, 0) is 82.7 Å². The highest BCUT2D eigenvalue weighted by Crippen LogP contribution is 2.34. The number of hydrogen-bond acceptors (Lipinski definition) is 8. The standard InChI is InChI=1S/C25H26FN9O/c1-36-20-11-8-18-14-21(24-27-30-32-35(24)22(18)15-20)23(33-12-4-2-3-5-13-33)25-28-29-31-34(25)16-17-6-9-19(26)10-7-17/h6-11,14-15,23H,2-5,12-13,16H2,1H3/t23-/m0/s1. The summed E-state index contributed by atoms with van der Waals surface area (Å²) in [4.78, 5) is 2.43. The number of halogens is 1. The summed E-state index contributed by atoms with van der Waals surface area (Å²) in [5.74, 6) is 1.17. The van der Waals surface area contributed by atoms with Crippen LogP contribution in [-0.4, -0.2) is 65.3 Å². The van der Waals surface area contributed by atoms with Crippen LogP contribution in [0.25, 0.3) is 16.6 Å². The van der Waals surface area contributed by atoms with E-state index in [1.165, 1.54) is 25.0 Å². The van der Waals surface area contributed by atoms with Gasteiger partial charge in [0.05, 0.1) is 19.2 Å². The molecule has 6 rings (SSSR count). The van der Waals surface area contributed by atoms with Crippen molar-refractivity contribution in [1.82, 2.24) is 45.1 Å². The Labute approximate surface area is 206 Å². The second-order valence-corrected chi connectivity index (χ2v) is 9.11. The highest BCUT2D eigenvalue weighted by atomic mass is 19.1. The Bertz CT molecular complexity index is 1490. The van der Waals surface area contributed by atoms with E-state index in [1.54, 1.807) is 28.4 Å².